The Kier molecular flexibility index (Phi) is 6.65. The molecule has 0 saturated carbocycles. The average molecular weight is 328 g/mol. The summed E-state index contributed by atoms with van der Waals surface area (Å²) in [6, 6.07) is 0. The van der Waals surface area contributed by atoms with Gasteiger partial charge in [0.25, 0.3) is 0 Å². The quantitative estimate of drug-likeness (QED) is 0.464. The molecule has 1 heterocycles. The normalized spacial score (nSPS) is 17.7. The monoisotopic (exact) mass is 328 g/mol. The fraction of sp³-hybridized carbons (Fsp3) is 0.800. The first-order valence-electron chi connectivity index (χ1n) is 7.74. The minimum Gasteiger partial charge on any atom is -0.469 e. The fourth-order valence-corrected chi connectivity index (χ4v) is 2.05. The molecule has 1 aliphatic rings. The molecule has 8 heteroatoms. The summed E-state index contributed by atoms with van der Waals surface area (Å²) >= 11 is 0. The highest BCUT2D eigenvalue weighted by Gasteiger charge is 2.26. The van der Waals surface area contributed by atoms with Crippen LogP contribution in [0.25, 0.3) is 0 Å². The van der Waals surface area contributed by atoms with Gasteiger partial charge in [-0.25, -0.2) is 4.79 Å². The van der Waals surface area contributed by atoms with Gasteiger partial charge < -0.3 is 25.0 Å². The van der Waals surface area contributed by atoms with Crippen molar-refractivity contribution in [3.05, 3.63) is 0 Å². The van der Waals surface area contributed by atoms with Crippen LogP contribution in [-0.2, 0) is 14.3 Å². The number of ether oxygens (including phenoxy) is 2. The molecule has 132 valence electrons. The van der Waals surface area contributed by atoms with Gasteiger partial charge in [-0.05, 0) is 20.8 Å². The van der Waals surface area contributed by atoms with E-state index in [9.17, 15) is 9.59 Å². The van der Waals surface area contributed by atoms with E-state index in [1.165, 1.54) is 7.11 Å². The Morgan fingerprint density at radius 2 is 1.70 bits per heavy atom. The maximum atomic E-state index is 12.0. The van der Waals surface area contributed by atoms with Gasteiger partial charge in [0.2, 0.25) is 0 Å². The van der Waals surface area contributed by atoms with Crippen molar-refractivity contribution < 1.29 is 19.1 Å². The van der Waals surface area contributed by atoms with Crippen LogP contribution in [0.2, 0.25) is 0 Å². The van der Waals surface area contributed by atoms with E-state index in [1.807, 2.05) is 25.7 Å². The summed E-state index contributed by atoms with van der Waals surface area (Å²) in [6.07, 6.45) is -0.313. The topological polar surface area (TPSA) is 97.5 Å². The van der Waals surface area contributed by atoms with Crippen LogP contribution in [0.1, 0.15) is 27.7 Å². The molecule has 23 heavy (non-hydrogen) atoms. The van der Waals surface area contributed by atoms with Gasteiger partial charge in [0.15, 0.2) is 5.96 Å². The van der Waals surface area contributed by atoms with Crippen LogP contribution in [0.5, 0.6) is 0 Å². The molecule has 1 rings (SSSR count). The molecular formula is C15H28N4O4. The number of rotatable bonds is 3. The standard InChI is InChI=1S/C15H28N4O4/c1-11(12(20)22-5)10-17-13(16)18-6-8-19(9-7-18)14(21)23-15(2,3)4/h11H,6-10H2,1-5H3,(H2,16,17). The van der Waals surface area contributed by atoms with E-state index < -0.39 is 5.60 Å². The van der Waals surface area contributed by atoms with Crippen LogP contribution in [0.15, 0.2) is 4.99 Å². The Morgan fingerprint density at radius 3 is 2.17 bits per heavy atom. The molecule has 0 radical (unpaired) electrons. The van der Waals surface area contributed by atoms with Gasteiger partial charge in [-0.2, -0.15) is 0 Å². The lowest BCUT2D eigenvalue weighted by Crippen LogP contribution is -2.53. The number of nitrogens with zero attached hydrogens (tertiary/aromatic N) is 3. The Bertz CT molecular complexity index is 451. The number of esters is 1. The number of carbonyl (C=O) groups is 2. The summed E-state index contributed by atoms with van der Waals surface area (Å²) in [6.45, 7) is 9.77. The van der Waals surface area contributed by atoms with Crippen LogP contribution in [0.3, 0.4) is 0 Å². The summed E-state index contributed by atoms with van der Waals surface area (Å²) in [5, 5.41) is 0. The van der Waals surface area contributed by atoms with Gasteiger partial charge in [-0.3, -0.25) is 9.79 Å². The smallest absolute Gasteiger partial charge is 0.410 e. The predicted octanol–water partition coefficient (Wildman–Crippen LogP) is 0.663. The van der Waals surface area contributed by atoms with Gasteiger partial charge in [-0.15, -0.1) is 0 Å². The number of carbonyl (C=O) groups excluding carboxylic acids is 2. The van der Waals surface area contributed by atoms with Crippen LogP contribution in [-0.4, -0.2) is 73.3 Å². The van der Waals surface area contributed by atoms with Crippen molar-refractivity contribution in [2.75, 3.05) is 39.8 Å². The molecule has 2 N–H and O–H groups in total. The van der Waals surface area contributed by atoms with E-state index in [0.29, 0.717) is 32.1 Å². The second kappa shape index (κ2) is 8.03. The number of nitrogens with two attached hydrogens (primary N) is 1. The highest BCUT2D eigenvalue weighted by molar-refractivity contribution is 5.79. The van der Waals surface area contributed by atoms with Crippen molar-refractivity contribution >= 4 is 18.0 Å². The molecular weight excluding hydrogens is 300 g/mol. The maximum absolute atomic E-state index is 12.0. The van der Waals surface area contributed by atoms with Crippen LogP contribution < -0.4 is 5.73 Å². The van der Waals surface area contributed by atoms with Gasteiger partial charge >= 0.3 is 12.1 Å². The molecule has 1 saturated heterocycles. The van der Waals surface area contributed by atoms with Crippen molar-refractivity contribution in [2.24, 2.45) is 16.6 Å². The molecule has 0 bridgehead atoms. The summed E-state index contributed by atoms with van der Waals surface area (Å²) in [7, 11) is 1.35. The van der Waals surface area contributed by atoms with Crippen LogP contribution in [0, 0.1) is 5.92 Å². The van der Waals surface area contributed by atoms with E-state index in [2.05, 4.69) is 9.73 Å². The number of hydrogen-bond donors (Lipinski definition) is 1. The maximum Gasteiger partial charge on any atom is 0.410 e. The average Bonchev–Trinajstić information content (AvgIpc) is 2.49. The molecule has 1 amide bonds. The third kappa shape index (κ3) is 6.33. The molecule has 8 nitrogen and oxygen atoms in total. The molecule has 1 atom stereocenters. The fourth-order valence-electron chi connectivity index (χ4n) is 2.05. The Hall–Kier alpha value is -1.99. The van der Waals surface area contributed by atoms with E-state index in [0.717, 1.165) is 0 Å². The number of methoxy groups -OCH3 is 1. The molecule has 0 aromatic carbocycles. The largest absolute Gasteiger partial charge is 0.469 e. The minimum absolute atomic E-state index is 0.283. The van der Waals surface area contributed by atoms with E-state index >= 15 is 0 Å². The highest BCUT2D eigenvalue weighted by Crippen LogP contribution is 2.11. The zero-order chi connectivity index (χ0) is 17.6. The summed E-state index contributed by atoms with van der Waals surface area (Å²) < 4.78 is 10.00. The number of piperazine rings is 1. The van der Waals surface area contributed by atoms with E-state index in [4.69, 9.17) is 10.5 Å². The second-order valence-electron chi connectivity index (χ2n) is 6.58. The van der Waals surface area contributed by atoms with Crippen molar-refractivity contribution in [1.29, 1.82) is 0 Å². The van der Waals surface area contributed by atoms with Crippen molar-refractivity contribution in [2.45, 2.75) is 33.3 Å². The van der Waals surface area contributed by atoms with Gasteiger partial charge in [0.1, 0.15) is 5.60 Å². The highest BCUT2D eigenvalue weighted by atomic mass is 16.6. The SMILES string of the molecule is COC(=O)C(C)CN=C(N)N1CCN(C(=O)OC(C)(C)C)CC1. The first kappa shape index (κ1) is 19.1. The first-order valence-corrected chi connectivity index (χ1v) is 7.74. The van der Waals surface area contributed by atoms with Gasteiger partial charge in [0, 0.05) is 26.2 Å². The van der Waals surface area contributed by atoms with Crippen molar-refractivity contribution in [3.8, 4) is 0 Å². The third-order valence-corrected chi connectivity index (χ3v) is 3.39. The van der Waals surface area contributed by atoms with Gasteiger partial charge in [-0.1, -0.05) is 6.92 Å². The molecule has 1 aliphatic heterocycles. The number of amides is 1. The lowest BCUT2D eigenvalue weighted by molar-refractivity contribution is -0.144. The first-order chi connectivity index (χ1) is 10.6. The lowest BCUT2D eigenvalue weighted by atomic mass is 10.2. The van der Waals surface area contributed by atoms with Crippen LogP contribution in [0.4, 0.5) is 4.79 Å². The number of hydrogen-bond acceptors (Lipinski definition) is 5. The minimum atomic E-state index is -0.501. The zero-order valence-corrected chi connectivity index (χ0v) is 14.7. The summed E-state index contributed by atoms with van der Waals surface area (Å²) in [5.74, 6) is -0.262. The van der Waals surface area contributed by atoms with Crippen molar-refractivity contribution in [3.63, 3.8) is 0 Å². The zero-order valence-electron chi connectivity index (χ0n) is 14.7. The molecule has 0 aliphatic carbocycles. The summed E-state index contributed by atoms with van der Waals surface area (Å²) in [4.78, 5) is 31.1. The van der Waals surface area contributed by atoms with Gasteiger partial charge in [0.05, 0.1) is 19.6 Å². The molecule has 0 aromatic heterocycles. The van der Waals surface area contributed by atoms with Crippen LogP contribution >= 0.6 is 0 Å². The van der Waals surface area contributed by atoms with Crippen molar-refractivity contribution in [1.82, 2.24) is 9.80 Å². The molecule has 1 unspecified atom stereocenters. The molecule has 0 spiro atoms. The Labute approximate surface area is 137 Å². The Morgan fingerprint density at radius 1 is 1.17 bits per heavy atom. The summed E-state index contributed by atoms with van der Waals surface area (Å²) in [5.41, 5.74) is 5.45. The lowest BCUT2D eigenvalue weighted by Gasteiger charge is -2.36. The number of guanidine groups is 1. The molecule has 1 fully saturated rings. The van der Waals surface area contributed by atoms with E-state index in [1.54, 1.807) is 11.8 Å². The Balaban J connectivity index is 2.46. The second-order valence-corrected chi connectivity index (χ2v) is 6.58. The third-order valence-electron chi connectivity index (χ3n) is 3.39. The predicted molar refractivity (Wildman–Crippen MR) is 87.0 cm³/mol. The number of aliphatic imine (C=N–C) groups is 1. The molecule has 0 aromatic rings. The van der Waals surface area contributed by atoms with E-state index in [-0.39, 0.29) is 24.5 Å².